The monoisotopic (exact) mass is 221 g/mol. The number of pyridine rings is 1. The molecular formula is C12H19N3O. The van der Waals surface area contributed by atoms with Crippen LogP contribution in [0.2, 0.25) is 0 Å². The third-order valence-electron chi connectivity index (χ3n) is 3.01. The van der Waals surface area contributed by atoms with Gasteiger partial charge in [0, 0.05) is 51.0 Å². The average molecular weight is 221 g/mol. The Morgan fingerprint density at radius 3 is 3.06 bits per heavy atom. The lowest BCUT2D eigenvalue weighted by Crippen LogP contribution is -2.50. The van der Waals surface area contributed by atoms with Gasteiger partial charge in [0.2, 0.25) is 0 Å². The third-order valence-corrected chi connectivity index (χ3v) is 3.01. The van der Waals surface area contributed by atoms with Gasteiger partial charge in [-0.3, -0.25) is 9.69 Å². The Kier molecular flexibility index (Phi) is 3.74. The Labute approximate surface area is 95.9 Å². The van der Waals surface area contributed by atoms with Crippen molar-refractivity contribution in [1.82, 2.24) is 14.8 Å². The second-order valence-corrected chi connectivity index (χ2v) is 4.39. The summed E-state index contributed by atoms with van der Waals surface area (Å²) < 4.78 is 1.77. The molecule has 1 aromatic heterocycles. The second kappa shape index (κ2) is 5.27. The summed E-state index contributed by atoms with van der Waals surface area (Å²) in [6.07, 6.45) is 1.86. The molecule has 1 atom stereocenters. The molecule has 1 aliphatic rings. The van der Waals surface area contributed by atoms with Crippen LogP contribution in [-0.2, 0) is 6.54 Å². The van der Waals surface area contributed by atoms with Gasteiger partial charge in [0.1, 0.15) is 0 Å². The predicted octanol–water partition coefficient (Wildman–Crippen LogP) is 0.142. The summed E-state index contributed by atoms with van der Waals surface area (Å²) in [5, 5.41) is 3.41. The topological polar surface area (TPSA) is 37.3 Å². The first kappa shape index (κ1) is 11.4. The Balaban J connectivity index is 1.87. The molecule has 1 unspecified atom stereocenters. The highest BCUT2D eigenvalue weighted by molar-refractivity contribution is 4.93. The van der Waals surface area contributed by atoms with Gasteiger partial charge in [0.15, 0.2) is 0 Å². The molecule has 1 aromatic rings. The molecule has 16 heavy (non-hydrogen) atoms. The zero-order valence-corrected chi connectivity index (χ0v) is 9.72. The fourth-order valence-electron chi connectivity index (χ4n) is 2.11. The van der Waals surface area contributed by atoms with Crippen LogP contribution in [0.25, 0.3) is 0 Å². The molecule has 0 amide bonds. The van der Waals surface area contributed by atoms with Crippen LogP contribution in [0.5, 0.6) is 0 Å². The second-order valence-electron chi connectivity index (χ2n) is 4.39. The fourth-order valence-corrected chi connectivity index (χ4v) is 2.11. The van der Waals surface area contributed by atoms with Crippen LogP contribution in [0.15, 0.2) is 29.2 Å². The first-order chi connectivity index (χ1) is 7.75. The van der Waals surface area contributed by atoms with Crippen molar-refractivity contribution in [3.05, 3.63) is 34.7 Å². The molecule has 2 heterocycles. The van der Waals surface area contributed by atoms with Crippen molar-refractivity contribution in [2.45, 2.75) is 19.5 Å². The molecule has 1 N–H and O–H groups in total. The SMILES string of the molecule is CC1CN(CCn2ccccc2=O)CCN1. The van der Waals surface area contributed by atoms with E-state index in [1.807, 2.05) is 12.3 Å². The van der Waals surface area contributed by atoms with Gasteiger partial charge in [-0.25, -0.2) is 0 Å². The normalized spacial score (nSPS) is 22.2. The van der Waals surface area contributed by atoms with Crippen LogP contribution in [0.1, 0.15) is 6.92 Å². The molecule has 0 aliphatic carbocycles. The zero-order chi connectivity index (χ0) is 11.4. The Hall–Kier alpha value is -1.13. The molecule has 88 valence electrons. The molecule has 0 bridgehead atoms. The number of hydrogen-bond donors (Lipinski definition) is 1. The summed E-state index contributed by atoms with van der Waals surface area (Å²) in [6.45, 7) is 7.13. The van der Waals surface area contributed by atoms with E-state index in [-0.39, 0.29) is 5.56 Å². The molecule has 0 radical (unpaired) electrons. The van der Waals surface area contributed by atoms with Crippen LogP contribution >= 0.6 is 0 Å². The quantitative estimate of drug-likeness (QED) is 0.789. The summed E-state index contributed by atoms with van der Waals surface area (Å²) in [4.78, 5) is 13.9. The van der Waals surface area contributed by atoms with E-state index in [1.165, 1.54) is 0 Å². The van der Waals surface area contributed by atoms with Gasteiger partial charge in [-0.2, -0.15) is 0 Å². The molecule has 2 rings (SSSR count). The predicted molar refractivity (Wildman–Crippen MR) is 64.6 cm³/mol. The van der Waals surface area contributed by atoms with Crippen molar-refractivity contribution in [1.29, 1.82) is 0 Å². The van der Waals surface area contributed by atoms with E-state index in [0.717, 1.165) is 32.7 Å². The molecule has 1 saturated heterocycles. The average Bonchev–Trinajstić information content (AvgIpc) is 2.28. The summed E-state index contributed by atoms with van der Waals surface area (Å²) in [7, 11) is 0. The number of rotatable bonds is 3. The summed E-state index contributed by atoms with van der Waals surface area (Å²) in [5.41, 5.74) is 0.0886. The number of nitrogens with one attached hydrogen (secondary N) is 1. The van der Waals surface area contributed by atoms with E-state index in [0.29, 0.717) is 6.04 Å². The van der Waals surface area contributed by atoms with Crippen molar-refractivity contribution in [3.8, 4) is 0 Å². The van der Waals surface area contributed by atoms with Crippen LogP contribution in [0.4, 0.5) is 0 Å². The van der Waals surface area contributed by atoms with Gasteiger partial charge in [-0.05, 0) is 13.0 Å². The summed E-state index contributed by atoms with van der Waals surface area (Å²) >= 11 is 0. The van der Waals surface area contributed by atoms with Gasteiger partial charge in [0.25, 0.3) is 5.56 Å². The summed E-state index contributed by atoms with van der Waals surface area (Å²) in [5.74, 6) is 0. The molecule has 1 fully saturated rings. The van der Waals surface area contributed by atoms with E-state index in [4.69, 9.17) is 0 Å². The van der Waals surface area contributed by atoms with Crippen LogP contribution in [-0.4, -0.2) is 41.7 Å². The number of nitrogens with zero attached hydrogens (tertiary/aromatic N) is 2. The largest absolute Gasteiger partial charge is 0.314 e. The van der Waals surface area contributed by atoms with Crippen LogP contribution in [0, 0.1) is 0 Å². The first-order valence-corrected chi connectivity index (χ1v) is 5.87. The standard InChI is InChI=1S/C12H19N3O/c1-11-10-14(7-5-13-11)8-9-15-6-3-2-4-12(15)16/h2-4,6,11,13H,5,7-10H2,1H3. The van der Waals surface area contributed by atoms with Crippen molar-refractivity contribution < 1.29 is 0 Å². The van der Waals surface area contributed by atoms with E-state index < -0.39 is 0 Å². The maximum atomic E-state index is 11.5. The molecule has 1 aliphatic heterocycles. The lowest BCUT2D eigenvalue weighted by atomic mass is 10.2. The Bertz CT molecular complexity index is 388. The van der Waals surface area contributed by atoms with Crippen LogP contribution in [0.3, 0.4) is 0 Å². The molecule has 4 heteroatoms. The van der Waals surface area contributed by atoms with E-state index in [2.05, 4.69) is 17.1 Å². The molecule has 0 saturated carbocycles. The highest BCUT2D eigenvalue weighted by Crippen LogP contribution is 1.98. The highest BCUT2D eigenvalue weighted by atomic mass is 16.1. The third kappa shape index (κ3) is 2.93. The number of hydrogen-bond acceptors (Lipinski definition) is 3. The summed E-state index contributed by atoms with van der Waals surface area (Å²) in [6, 6.07) is 5.86. The van der Waals surface area contributed by atoms with Crippen molar-refractivity contribution in [2.75, 3.05) is 26.2 Å². The Morgan fingerprint density at radius 2 is 2.31 bits per heavy atom. The van der Waals surface area contributed by atoms with Gasteiger partial charge < -0.3 is 9.88 Å². The smallest absolute Gasteiger partial charge is 0.250 e. The van der Waals surface area contributed by atoms with E-state index in [9.17, 15) is 4.79 Å². The zero-order valence-electron chi connectivity index (χ0n) is 9.72. The minimum Gasteiger partial charge on any atom is -0.314 e. The van der Waals surface area contributed by atoms with Crippen molar-refractivity contribution in [2.24, 2.45) is 0 Å². The van der Waals surface area contributed by atoms with E-state index in [1.54, 1.807) is 16.7 Å². The first-order valence-electron chi connectivity index (χ1n) is 5.87. The maximum Gasteiger partial charge on any atom is 0.250 e. The minimum atomic E-state index is 0.0886. The van der Waals surface area contributed by atoms with Gasteiger partial charge in [-0.15, -0.1) is 0 Å². The lowest BCUT2D eigenvalue weighted by Gasteiger charge is -2.31. The minimum absolute atomic E-state index is 0.0886. The molecule has 4 nitrogen and oxygen atoms in total. The van der Waals surface area contributed by atoms with E-state index >= 15 is 0 Å². The molecule has 0 aromatic carbocycles. The van der Waals surface area contributed by atoms with Crippen molar-refractivity contribution >= 4 is 0 Å². The van der Waals surface area contributed by atoms with Gasteiger partial charge in [0.05, 0.1) is 0 Å². The van der Waals surface area contributed by atoms with Crippen LogP contribution < -0.4 is 10.9 Å². The highest BCUT2D eigenvalue weighted by Gasteiger charge is 2.14. The van der Waals surface area contributed by atoms with Gasteiger partial charge >= 0.3 is 0 Å². The fraction of sp³-hybridized carbons (Fsp3) is 0.583. The molecular weight excluding hydrogens is 202 g/mol. The number of aromatic nitrogens is 1. The maximum absolute atomic E-state index is 11.5. The number of piperazine rings is 1. The van der Waals surface area contributed by atoms with Crippen molar-refractivity contribution in [3.63, 3.8) is 0 Å². The lowest BCUT2D eigenvalue weighted by molar-refractivity contribution is 0.200. The Morgan fingerprint density at radius 1 is 1.44 bits per heavy atom. The van der Waals surface area contributed by atoms with Gasteiger partial charge in [-0.1, -0.05) is 6.07 Å². The molecule has 0 spiro atoms.